The third-order valence-electron chi connectivity index (χ3n) is 8.83. The van der Waals surface area contributed by atoms with Gasteiger partial charge in [-0.25, -0.2) is 8.78 Å². The molecule has 1 saturated carbocycles. The Hall–Kier alpha value is -2.04. The maximum absolute atomic E-state index is 12.8. The van der Waals surface area contributed by atoms with Crippen molar-refractivity contribution in [3.8, 4) is 0 Å². The SMILES string of the molecule is CC(=O)CCCc1ccc(CCS[N+]2(C)CCC(N=C(NO)C3CCC(CC(F)F)CC3)(C(N)=O)CC2)c(C)c1. The monoisotopic (exact) mass is 581 g/mol. The number of carbonyl (C=O) groups is 2. The number of benzene rings is 1. The van der Waals surface area contributed by atoms with Crippen LogP contribution in [0.3, 0.4) is 0 Å². The second kappa shape index (κ2) is 14.7. The van der Waals surface area contributed by atoms with Crippen molar-refractivity contribution in [1.82, 2.24) is 5.48 Å². The largest absolute Gasteiger partial charge is 0.368 e. The number of aryl methyl sites for hydroxylation is 3. The van der Waals surface area contributed by atoms with Crippen molar-refractivity contribution in [3.05, 3.63) is 34.9 Å². The van der Waals surface area contributed by atoms with Gasteiger partial charge in [-0.2, -0.15) is 0 Å². The van der Waals surface area contributed by atoms with E-state index < -0.39 is 17.9 Å². The van der Waals surface area contributed by atoms with E-state index in [4.69, 9.17) is 10.7 Å². The van der Waals surface area contributed by atoms with Crippen LogP contribution in [0.4, 0.5) is 8.78 Å². The zero-order chi connectivity index (χ0) is 29.3. The van der Waals surface area contributed by atoms with E-state index in [9.17, 15) is 23.6 Å². The number of hydrogen-bond acceptors (Lipinski definition) is 5. The van der Waals surface area contributed by atoms with Gasteiger partial charge >= 0.3 is 0 Å². The van der Waals surface area contributed by atoms with Gasteiger partial charge < -0.3 is 10.5 Å². The highest BCUT2D eigenvalue weighted by atomic mass is 32.2. The van der Waals surface area contributed by atoms with Crippen LogP contribution in [0.5, 0.6) is 0 Å². The van der Waals surface area contributed by atoms with E-state index in [0.717, 1.165) is 42.0 Å². The summed E-state index contributed by atoms with van der Waals surface area (Å²) < 4.78 is 26.3. The minimum atomic E-state index is -2.30. The number of alkyl halides is 2. The topological polar surface area (TPSA) is 105 Å². The molecule has 1 aromatic carbocycles. The number of halogens is 2. The summed E-state index contributed by atoms with van der Waals surface area (Å²) in [5.41, 5.74) is 10.9. The van der Waals surface area contributed by atoms with E-state index >= 15 is 0 Å². The average molecular weight is 582 g/mol. The van der Waals surface area contributed by atoms with Gasteiger partial charge in [-0.1, -0.05) is 18.2 Å². The first-order chi connectivity index (χ1) is 18.9. The number of primary amides is 1. The summed E-state index contributed by atoms with van der Waals surface area (Å²) in [6, 6.07) is 6.60. The Morgan fingerprint density at radius 3 is 2.42 bits per heavy atom. The van der Waals surface area contributed by atoms with Crippen LogP contribution in [0.1, 0.15) is 81.4 Å². The number of nitrogens with one attached hydrogen (secondary N) is 1. The Labute approximate surface area is 242 Å². The molecule has 224 valence electrons. The van der Waals surface area contributed by atoms with Crippen molar-refractivity contribution < 1.29 is 27.5 Å². The lowest BCUT2D eigenvalue weighted by molar-refractivity contribution is -0.780. The Bertz CT molecular complexity index is 1040. The number of piperidine rings is 1. The summed E-state index contributed by atoms with van der Waals surface area (Å²) >= 11 is 1.87. The van der Waals surface area contributed by atoms with Crippen molar-refractivity contribution in [2.45, 2.75) is 96.4 Å². The molecule has 0 aromatic heterocycles. The Morgan fingerprint density at radius 1 is 1.20 bits per heavy atom. The number of amides is 1. The molecule has 1 aromatic rings. The number of aliphatic imine (C=N–C) groups is 1. The minimum absolute atomic E-state index is 0.00882. The lowest BCUT2D eigenvalue weighted by Gasteiger charge is -2.42. The van der Waals surface area contributed by atoms with E-state index in [2.05, 4.69) is 37.7 Å². The molecule has 1 heterocycles. The van der Waals surface area contributed by atoms with Crippen LogP contribution < -0.4 is 11.2 Å². The summed E-state index contributed by atoms with van der Waals surface area (Å²) in [4.78, 5) is 28.6. The maximum Gasteiger partial charge on any atom is 0.245 e. The van der Waals surface area contributed by atoms with Crippen LogP contribution in [-0.2, 0) is 22.4 Å². The van der Waals surface area contributed by atoms with Crippen LogP contribution in [-0.4, -0.2) is 64.5 Å². The highest BCUT2D eigenvalue weighted by molar-refractivity contribution is 7.93. The predicted octanol–water partition coefficient (Wildman–Crippen LogP) is 5.40. The van der Waals surface area contributed by atoms with Gasteiger partial charge in [0.15, 0.2) is 5.54 Å². The number of hydrogen-bond donors (Lipinski definition) is 3. The molecule has 4 N–H and O–H groups in total. The first kappa shape index (κ1) is 32.5. The average Bonchev–Trinajstić information content (AvgIpc) is 2.90. The number of hydroxylamine groups is 1. The number of Topliss-reactive ketones (excluding diaryl/α,β-unsaturated/α-hetero) is 1. The van der Waals surface area contributed by atoms with E-state index in [1.807, 2.05) is 11.9 Å². The minimum Gasteiger partial charge on any atom is -0.368 e. The summed E-state index contributed by atoms with van der Waals surface area (Å²) in [6.07, 6.45) is 4.60. The normalized spacial score (nSPS) is 27.5. The van der Waals surface area contributed by atoms with Crippen LogP contribution in [0.2, 0.25) is 0 Å². The fraction of sp³-hybridized carbons (Fsp3) is 0.700. The molecule has 10 heteroatoms. The Balaban J connectivity index is 1.54. The van der Waals surface area contributed by atoms with Crippen molar-refractivity contribution in [2.75, 3.05) is 25.9 Å². The molecule has 0 unspecified atom stereocenters. The molecule has 0 atom stereocenters. The van der Waals surface area contributed by atoms with Gasteiger partial charge in [0.2, 0.25) is 12.3 Å². The zero-order valence-corrected chi connectivity index (χ0v) is 25.1. The molecule has 1 aliphatic heterocycles. The summed E-state index contributed by atoms with van der Waals surface area (Å²) in [5.74, 6) is 0.956. The summed E-state index contributed by atoms with van der Waals surface area (Å²) in [7, 11) is 2.18. The van der Waals surface area contributed by atoms with Crippen molar-refractivity contribution >= 4 is 29.5 Å². The molecule has 2 fully saturated rings. The van der Waals surface area contributed by atoms with Gasteiger partial charge in [0.05, 0.1) is 37.8 Å². The highest BCUT2D eigenvalue weighted by Crippen LogP contribution is 2.37. The number of amidine groups is 1. The van der Waals surface area contributed by atoms with Crippen molar-refractivity contribution in [2.24, 2.45) is 22.6 Å². The molecule has 40 heavy (non-hydrogen) atoms. The van der Waals surface area contributed by atoms with Crippen molar-refractivity contribution in [1.29, 1.82) is 0 Å². The third-order valence-corrected chi connectivity index (χ3v) is 10.2. The molecule has 1 amide bonds. The maximum atomic E-state index is 12.8. The van der Waals surface area contributed by atoms with E-state index in [0.29, 0.717) is 50.8 Å². The second-order valence-corrected chi connectivity index (χ2v) is 13.5. The molecule has 1 saturated heterocycles. The number of ketones is 1. The van der Waals surface area contributed by atoms with E-state index in [1.54, 1.807) is 6.92 Å². The number of nitrogens with zero attached hydrogens (tertiary/aromatic N) is 2. The van der Waals surface area contributed by atoms with Gasteiger partial charge in [-0.15, -0.1) is 0 Å². The smallest absolute Gasteiger partial charge is 0.245 e. The molecular weight excluding hydrogens is 534 g/mol. The van der Waals surface area contributed by atoms with Gasteiger partial charge in [0.25, 0.3) is 0 Å². The first-order valence-electron chi connectivity index (χ1n) is 14.6. The number of likely N-dealkylation sites (tertiary alicyclic amines) is 1. The molecule has 1 aliphatic carbocycles. The fourth-order valence-corrected chi connectivity index (χ4v) is 7.29. The molecule has 0 radical (unpaired) electrons. The fourth-order valence-electron chi connectivity index (χ4n) is 6.10. The van der Waals surface area contributed by atoms with Gasteiger partial charge in [0, 0.05) is 31.6 Å². The summed E-state index contributed by atoms with van der Waals surface area (Å²) in [6.45, 7) is 5.23. The molecule has 3 rings (SSSR count). The third kappa shape index (κ3) is 9.24. The standard InChI is InChI=1S/C30H46F2N4O3S/c1-21-19-23(6-4-5-22(2)37)7-10-25(21)13-18-40-36(3)16-14-30(15-17-36,29(33)38)34-28(35-39)26-11-8-24(9-12-26)20-27(31)32/h7,10,19,24,26-27H,4-6,8-9,11-18,20H2,1-3H3,(H3-,33,34,35,38,39)/p+1. The van der Waals surface area contributed by atoms with Crippen LogP contribution in [0, 0.1) is 18.8 Å². The zero-order valence-electron chi connectivity index (χ0n) is 24.3. The molecule has 0 bridgehead atoms. The number of quaternary nitrogens is 1. The molecule has 0 spiro atoms. The van der Waals surface area contributed by atoms with E-state index in [-0.39, 0.29) is 24.0 Å². The van der Waals surface area contributed by atoms with Gasteiger partial charge in [-0.05, 0) is 81.4 Å². The second-order valence-electron chi connectivity index (χ2n) is 12.0. The molecular formula is C30H47F2N4O3S+. The number of rotatable bonds is 13. The van der Waals surface area contributed by atoms with Crippen LogP contribution >= 0.6 is 11.9 Å². The Kier molecular flexibility index (Phi) is 12.0. The quantitative estimate of drug-likeness (QED) is 0.0951. The van der Waals surface area contributed by atoms with Crippen molar-refractivity contribution in [3.63, 3.8) is 0 Å². The molecule has 2 aliphatic rings. The Morgan fingerprint density at radius 2 is 1.88 bits per heavy atom. The predicted molar refractivity (Wildman–Crippen MR) is 156 cm³/mol. The summed E-state index contributed by atoms with van der Waals surface area (Å²) in [5, 5.41) is 9.87. The van der Waals surface area contributed by atoms with E-state index in [1.165, 1.54) is 16.7 Å². The first-order valence-corrected chi connectivity index (χ1v) is 15.5. The lowest BCUT2D eigenvalue weighted by Crippen LogP contribution is -2.56. The highest BCUT2D eigenvalue weighted by Gasteiger charge is 2.46. The lowest BCUT2D eigenvalue weighted by atomic mass is 9.79. The van der Waals surface area contributed by atoms with Crippen LogP contribution in [0.25, 0.3) is 0 Å². The molecule has 7 nitrogen and oxygen atoms in total. The van der Waals surface area contributed by atoms with Crippen LogP contribution in [0.15, 0.2) is 23.2 Å². The number of carbonyl (C=O) groups excluding carboxylic acids is 2. The van der Waals surface area contributed by atoms with Gasteiger partial charge in [0.1, 0.15) is 11.6 Å². The number of nitrogens with two attached hydrogens (primary N) is 1. The van der Waals surface area contributed by atoms with Gasteiger partial charge in [-0.3, -0.25) is 24.4 Å².